The fraction of sp³-hybridized carbons (Fsp3) is 0.733. The van der Waals surface area contributed by atoms with Gasteiger partial charge in [-0.05, 0) is 51.4 Å². The van der Waals surface area contributed by atoms with Crippen LogP contribution in [0.5, 0.6) is 11.8 Å². The molecule has 0 atom stereocenters. The van der Waals surface area contributed by atoms with E-state index in [2.05, 4.69) is 9.97 Å². The van der Waals surface area contributed by atoms with E-state index in [1.807, 2.05) is 0 Å². The standard InChI is InChI=1S/C15H22N2O4S/c1-22(18,19)15-16-13(20-11-6-2-3-7-11)10-14(17-15)21-12-8-4-5-9-12/h10-12H,2-9H2,1H3. The van der Waals surface area contributed by atoms with Crippen molar-refractivity contribution < 1.29 is 17.9 Å². The zero-order valence-corrected chi connectivity index (χ0v) is 13.6. The van der Waals surface area contributed by atoms with Crippen molar-refractivity contribution in [2.75, 3.05) is 6.26 Å². The average Bonchev–Trinajstić information content (AvgIpc) is 3.11. The second-order valence-electron chi connectivity index (χ2n) is 6.15. The number of ether oxygens (including phenoxy) is 2. The lowest BCUT2D eigenvalue weighted by atomic mass is 10.3. The Labute approximate surface area is 131 Å². The van der Waals surface area contributed by atoms with E-state index in [9.17, 15) is 8.42 Å². The fourth-order valence-corrected chi connectivity index (χ4v) is 3.54. The average molecular weight is 326 g/mol. The van der Waals surface area contributed by atoms with Gasteiger partial charge in [0.25, 0.3) is 5.16 Å². The van der Waals surface area contributed by atoms with E-state index in [4.69, 9.17) is 9.47 Å². The van der Waals surface area contributed by atoms with Crippen molar-refractivity contribution in [3.8, 4) is 11.8 Å². The highest BCUT2D eigenvalue weighted by Gasteiger charge is 2.23. The summed E-state index contributed by atoms with van der Waals surface area (Å²) >= 11 is 0. The molecule has 2 aliphatic rings. The van der Waals surface area contributed by atoms with Gasteiger partial charge in [-0.2, -0.15) is 9.97 Å². The summed E-state index contributed by atoms with van der Waals surface area (Å²) in [6, 6.07) is 1.62. The molecule has 122 valence electrons. The van der Waals surface area contributed by atoms with Crippen LogP contribution in [0.1, 0.15) is 51.4 Å². The summed E-state index contributed by atoms with van der Waals surface area (Å²) in [5, 5.41) is -0.226. The smallest absolute Gasteiger partial charge is 0.253 e. The van der Waals surface area contributed by atoms with Crippen molar-refractivity contribution in [1.82, 2.24) is 9.97 Å². The Bertz CT molecular complexity index is 584. The van der Waals surface area contributed by atoms with E-state index in [1.54, 1.807) is 6.07 Å². The summed E-state index contributed by atoms with van der Waals surface area (Å²) in [5.41, 5.74) is 0. The second kappa shape index (κ2) is 6.40. The van der Waals surface area contributed by atoms with E-state index in [1.165, 1.54) is 0 Å². The van der Waals surface area contributed by atoms with Gasteiger partial charge in [0, 0.05) is 6.26 Å². The molecular weight excluding hydrogens is 304 g/mol. The Balaban J connectivity index is 1.83. The molecule has 22 heavy (non-hydrogen) atoms. The highest BCUT2D eigenvalue weighted by Crippen LogP contribution is 2.28. The molecule has 0 aromatic carbocycles. The van der Waals surface area contributed by atoms with E-state index < -0.39 is 9.84 Å². The summed E-state index contributed by atoms with van der Waals surface area (Å²) < 4.78 is 35.2. The zero-order chi connectivity index (χ0) is 15.6. The maximum atomic E-state index is 11.8. The quantitative estimate of drug-likeness (QED) is 0.774. The maximum absolute atomic E-state index is 11.8. The summed E-state index contributed by atoms with van der Waals surface area (Å²) in [6.07, 6.45) is 9.81. The predicted molar refractivity (Wildman–Crippen MR) is 80.9 cm³/mol. The molecule has 0 N–H and O–H groups in total. The van der Waals surface area contributed by atoms with Gasteiger partial charge in [0.1, 0.15) is 12.2 Å². The minimum atomic E-state index is -3.50. The molecule has 0 saturated heterocycles. The molecule has 7 heteroatoms. The predicted octanol–water partition coefficient (Wildman–Crippen LogP) is 2.52. The Kier molecular flexibility index (Phi) is 4.52. The third-order valence-corrected chi connectivity index (χ3v) is 5.02. The lowest BCUT2D eigenvalue weighted by Gasteiger charge is -2.16. The van der Waals surface area contributed by atoms with Crippen LogP contribution in [-0.4, -0.2) is 36.8 Å². The van der Waals surface area contributed by atoms with Crippen molar-refractivity contribution in [3.05, 3.63) is 6.07 Å². The minimum Gasteiger partial charge on any atom is -0.474 e. The molecule has 3 rings (SSSR count). The molecule has 2 saturated carbocycles. The topological polar surface area (TPSA) is 78.4 Å². The third-order valence-electron chi connectivity index (χ3n) is 4.17. The monoisotopic (exact) mass is 326 g/mol. The number of nitrogens with zero attached hydrogens (tertiary/aromatic N) is 2. The lowest BCUT2D eigenvalue weighted by molar-refractivity contribution is 0.183. The SMILES string of the molecule is CS(=O)(=O)c1nc(OC2CCCC2)cc(OC2CCCC2)n1. The largest absolute Gasteiger partial charge is 0.474 e. The van der Waals surface area contributed by atoms with Gasteiger partial charge in [0.15, 0.2) is 0 Å². The van der Waals surface area contributed by atoms with Gasteiger partial charge in [0.05, 0.1) is 6.07 Å². The van der Waals surface area contributed by atoms with Gasteiger partial charge >= 0.3 is 0 Å². The van der Waals surface area contributed by atoms with Crippen molar-refractivity contribution in [2.24, 2.45) is 0 Å². The summed E-state index contributed by atoms with van der Waals surface area (Å²) in [4.78, 5) is 8.08. The molecule has 0 bridgehead atoms. The number of sulfone groups is 1. The van der Waals surface area contributed by atoms with Crippen LogP contribution in [0.4, 0.5) is 0 Å². The number of hydrogen-bond donors (Lipinski definition) is 0. The first kappa shape index (κ1) is 15.5. The van der Waals surface area contributed by atoms with Gasteiger partial charge in [-0.15, -0.1) is 0 Å². The van der Waals surface area contributed by atoms with Crippen LogP contribution in [0.25, 0.3) is 0 Å². The fourth-order valence-electron chi connectivity index (χ4n) is 3.02. The van der Waals surface area contributed by atoms with E-state index in [0.717, 1.165) is 57.6 Å². The molecule has 2 aliphatic carbocycles. The number of rotatable bonds is 5. The highest BCUT2D eigenvalue weighted by atomic mass is 32.2. The van der Waals surface area contributed by atoms with Crippen LogP contribution in [0.2, 0.25) is 0 Å². The first-order valence-electron chi connectivity index (χ1n) is 7.93. The first-order chi connectivity index (χ1) is 10.5. The molecule has 1 aromatic heterocycles. The van der Waals surface area contributed by atoms with Crippen LogP contribution < -0.4 is 9.47 Å². The third kappa shape index (κ3) is 3.88. The molecule has 0 unspecified atom stereocenters. The Hall–Kier alpha value is -1.37. The van der Waals surface area contributed by atoms with Crippen LogP contribution in [0, 0.1) is 0 Å². The molecular formula is C15H22N2O4S. The molecule has 1 heterocycles. The van der Waals surface area contributed by atoms with Gasteiger partial charge in [-0.1, -0.05) is 0 Å². The van der Waals surface area contributed by atoms with Gasteiger partial charge in [-0.25, -0.2) is 8.42 Å². The Morgan fingerprint density at radius 1 is 0.909 bits per heavy atom. The highest BCUT2D eigenvalue weighted by molar-refractivity contribution is 7.90. The van der Waals surface area contributed by atoms with Crippen molar-refractivity contribution in [2.45, 2.75) is 68.7 Å². The molecule has 1 aromatic rings. The van der Waals surface area contributed by atoms with Gasteiger partial charge < -0.3 is 9.47 Å². The molecule has 6 nitrogen and oxygen atoms in total. The molecule has 0 radical (unpaired) electrons. The van der Waals surface area contributed by atoms with E-state index in [-0.39, 0.29) is 17.4 Å². The molecule has 0 amide bonds. The van der Waals surface area contributed by atoms with Crippen molar-refractivity contribution >= 4 is 9.84 Å². The lowest BCUT2D eigenvalue weighted by Crippen LogP contribution is -2.16. The van der Waals surface area contributed by atoms with Crippen LogP contribution in [0.3, 0.4) is 0 Å². The second-order valence-corrected chi connectivity index (χ2v) is 8.06. The normalized spacial score (nSPS) is 20.4. The summed E-state index contributed by atoms with van der Waals surface area (Å²) in [5.74, 6) is 0.602. The Morgan fingerprint density at radius 2 is 1.32 bits per heavy atom. The van der Waals surface area contributed by atoms with E-state index in [0.29, 0.717) is 11.8 Å². The summed E-state index contributed by atoms with van der Waals surface area (Å²) in [7, 11) is -3.50. The van der Waals surface area contributed by atoms with Crippen molar-refractivity contribution in [1.29, 1.82) is 0 Å². The molecule has 2 fully saturated rings. The maximum Gasteiger partial charge on any atom is 0.253 e. The van der Waals surface area contributed by atoms with Gasteiger partial charge in [-0.3, -0.25) is 0 Å². The summed E-state index contributed by atoms with van der Waals surface area (Å²) in [6.45, 7) is 0. The molecule has 0 spiro atoms. The Morgan fingerprint density at radius 3 is 1.68 bits per heavy atom. The van der Waals surface area contributed by atoms with Crippen LogP contribution in [0.15, 0.2) is 11.2 Å². The number of aromatic nitrogens is 2. The van der Waals surface area contributed by atoms with Crippen LogP contribution >= 0.6 is 0 Å². The van der Waals surface area contributed by atoms with E-state index >= 15 is 0 Å². The van der Waals surface area contributed by atoms with Crippen molar-refractivity contribution in [3.63, 3.8) is 0 Å². The first-order valence-corrected chi connectivity index (χ1v) is 9.82. The minimum absolute atomic E-state index is 0.113. The molecule has 0 aliphatic heterocycles. The van der Waals surface area contributed by atoms with Gasteiger partial charge in [0.2, 0.25) is 21.6 Å². The number of hydrogen-bond acceptors (Lipinski definition) is 6. The van der Waals surface area contributed by atoms with Crippen LogP contribution in [-0.2, 0) is 9.84 Å². The zero-order valence-electron chi connectivity index (χ0n) is 12.8.